The number of benzene rings is 2. The van der Waals surface area contributed by atoms with E-state index < -0.39 is 17.7 Å². The molecule has 21 heavy (non-hydrogen) atoms. The Morgan fingerprint density at radius 3 is 2.43 bits per heavy atom. The minimum Gasteiger partial charge on any atom is -0.306 e. The van der Waals surface area contributed by atoms with E-state index in [0.29, 0.717) is 17.7 Å². The average molecular weight is 419 g/mol. The fourth-order valence-corrected chi connectivity index (χ4v) is 3.06. The quantitative estimate of drug-likeness (QED) is 0.691. The molecule has 0 aliphatic rings. The molecule has 0 spiro atoms. The number of aryl methyl sites for hydroxylation is 1. The lowest BCUT2D eigenvalue weighted by molar-refractivity contribution is 0.540. The van der Waals surface area contributed by atoms with Crippen molar-refractivity contribution >= 4 is 31.9 Å². The highest BCUT2D eigenvalue weighted by Crippen LogP contribution is 2.33. The molecule has 1 N–H and O–H groups in total. The predicted octanol–water partition coefficient (Wildman–Crippen LogP) is 5.50. The van der Waals surface area contributed by atoms with Crippen LogP contribution in [0.15, 0.2) is 39.3 Å². The van der Waals surface area contributed by atoms with Crippen LogP contribution in [0.1, 0.15) is 29.7 Å². The van der Waals surface area contributed by atoms with Gasteiger partial charge in [0.1, 0.15) is 11.6 Å². The van der Waals surface area contributed by atoms with E-state index in [0.717, 1.165) is 14.5 Å². The van der Waals surface area contributed by atoms with Gasteiger partial charge in [-0.2, -0.15) is 0 Å². The zero-order valence-electron chi connectivity index (χ0n) is 11.7. The number of hydrogen-bond acceptors (Lipinski definition) is 1. The second-order valence-corrected chi connectivity index (χ2v) is 6.55. The second kappa shape index (κ2) is 6.99. The highest BCUT2D eigenvalue weighted by molar-refractivity contribution is 9.11. The first-order chi connectivity index (χ1) is 9.93. The van der Waals surface area contributed by atoms with Crippen LogP contribution in [0.4, 0.5) is 8.78 Å². The summed E-state index contributed by atoms with van der Waals surface area (Å²) in [6.07, 6.45) is 0. The summed E-state index contributed by atoms with van der Waals surface area (Å²) >= 11 is 6.90. The number of nitrogens with one attached hydrogen (secondary N) is 1. The van der Waals surface area contributed by atoms with Gasteiger partial charge in [0.25, 0.3) is 0 Å². The molecule has 1 unspecified atom stereocenters. The first-order valence-electron chi connectivity index (χ1n) is 6.58. The molecule has 0 saturated carbocycles. The molecule has 2 aromatic rings. The van der Waals surface area contributed by atoms with Gasteiger partial charge in [0.05, 0.1) is 6.04 Å². The lowest BCUT2D eigenvalue weighted by Crippen LogP contribution is -2.23. The van der Waals surface area contributed by atoms with Gasteiger partial charge in [0, 0.05) is 14.5 Å². The zero-order chi connectivity index (χ0) is 15.6. The SMILES string of the molecule is CCNC(c1cc(F)c(C)cc1F)c1cc(Br)ccc1Br. The Bertz CT molecular complexity index is 659. The van der Waals surface area contributed by atoms with Crippen molar-refractivity contribution in [2.24, 2.45) is 0 Å². The number of rotatable bonds is 4. The van der Waals surface area contributed by atoms with Crippen molar-refractivity contribution in [3.8, 4) is 0 Å². The van der Waals surface area contributed by atoms with E-state index in [1.54, 1.807) is 6.92 Å². The van der Waals surface area contributed by atoms with Gasteiger partial charge in [0.2, 0.25) is 0 Å². The van der Waals surface area contributed by atoms with Gasteiger partial charge < -0.3 is 5.32 Å². The standard InChI is InChI=1S/C16H15Br2F2N/c1-3-21-16(11-7-10(17)4-5-13(11)18)12-8-14(19)9(2)6-15(12)20/h4-8,16,21H,3H2,1-2H3. The molecule has 0 aromatic heterocycles. The highest BCUT2D eigenvalue weighted by atomic mass is 79.9. The van der Waals surface area contributed by atoms with Crippen LogP contribution in [0.2, 0.25) is 0 Å². The topological polar surface area (TPSA) is 12.0 Å². The molecule has 0 radical (unpaired) electrons. The monoisotopic (exact) mass is 417 g/mol. The highest BCUT2D eigenvalue weighted by Gasteiger charge is 2.21. The Balaban J connectivity index is 2.58. The van der Waals surface area contributed by atoms with E-state index in [1.165, 1.54) is 12.1 Å². The summed E-state index contributed by atoms with van der Waals surface area (Å²) < 4.78 is 29.9. The Morgan fingerprint density at radius 1 is 1.05 bits per heavy atom. The van der Waals surface area contributed by atoms with Crippen molar-refractivity contribution in [1.82, 2.24) is 5.32 Å². The van der Waals surface area contributed by atoms with Gasteiger partial charge in [-0.1, -0.05) is 38.8 Å². The van der Waals surface area contributed by atoms with Crippen LogP contribution in [0, 0.1) is 18.6 Å². The van der Waals surface area contributed by atoms with Crippen molar-refractivity contribution in [2.75, 3.05) is 6.54 Å². The molecular formula is C16H15Br2F2N. The molecule has 2 aromatic carbocycles. The minimum atomic E-state index is -0.419. The maximum Gasteiger partial charge on any atom is 0.128 e. The van der Waals surface area contributed by atoms with Gasteiger partial charge in [-0.05, 0) is 54.9 Å². The molecule has 2 rings (SSSR count). The molecule has 1 atom stereocenters. The summed E-state index contributed by atoms with van der Waals surface area (Å²) in [5.41, 5.74) is 1.46. The predicted molar refractivity (Wildman–Crippen MR) is 88.5 cm³/mol. The zero-order valence-corrected chi connectivity index (χ0v) is 14.9. The third-order valence-corrected chi connectivity index (χ3v) is 4.48. The Morgan fingerprint density at radius 2 is 1.76 bits per heavy atom. The van der Waals surface area contributed by atoms with Crippen LogP contribution < -0.4 is 5.32 Å². The molecule has 1 nitrogen and oxygen atoms in total. The molecule has 0 bridgehead atoms. The molecule has 0 aliphatic carbocycles. The van der Waals surface area contributed by atoms with Gasteiger partial charge in [-0.25, -0.2) is 8.78 Å². The Hall–Kier alpha value is -0.780. The van der Waals surface area contributed by atoms with Crippen molar-refractivity contribution in [3.63, 3.8) is 0 Å². The number of halogens is 4. The Kier molecular flexibility index (Phi) is 5.52. The van der Waals surface area contributed by atoms with E-state index >= 15 is 0 Å². The molecule has 0 saturated heterocycles. The van der Waals surface area contributed by atoms with Gasteiger partial charge in [-0.15, -0.1) is 0 Å². The van der Waals surface area contributed by atoms with Crippen LogP contribution in [0.25, 0.3) is 0 Å². The van der Waals surface area contributed by atoms with E-state index in [2.05, 4.69) is 37.2 Å². The molecule has 0 aliphatic heterocycles. The van der Waals surface area contributed by atoms with Crippen molar-refractivity contribution in [1.29, 1.82) is 0 Å². The molecule has 5 heteroatoms. The largest absolute Gasteiger partial charge is 0.306 e. The van der Waals surface area contributed by atoms with Crippen LogP contribution in [0.3, 0.4) is 0 Å². The van der Waals surface area contributed by atoms with Gasteiger partial charge in [-0.3, -0.25) is 0 Å². The first-order valence-corrected chi connectivity index (χ1v) is 8.16. The minimum absolute atomic E-state index is 0.304. The normalized spacial score (nSPS) is 12.5. The maximum atomic E-state index is 14.3. The van der Waals surface area contributed by atoms with Gasteiger partial charge in [0.15, 0.2) is 0 Å². The summed E-state index contributed by atoms with van der Waals surface area (Å²) in [5.74, 6) is -0.813. The summed E-state index contributed by atoms with van der Waals surface area (Å²) in [4.78, 5) is 0. The van der Waals surface area contributed by atoms with E-state index in [4.69, 9.17) is 0 Å². The smallest absolute Gasteiger partial charge is 0.128 e. The van der Waals surface area contributed by atoms with Crippen molar-refractivity contribution in [2.45, 2.75) is 19.9 Å². The lowest BCUT2D eigenvalue weighted by atomic mass is 9.97. The van der Waals surface area contributed by atoms with E-state index in [1.807, 2.05) is 25.1 Å². The molecule has 0 amide bonds. The van der Waals surface area contributed by atoms with E-state index in [9.17, 15) is 8.78 Å². The Labute approximate surface area is 140 Å². The summed E-state index contributed by atoms with van der Waals surface area (Å²) in [6, 6.07) is 7.76. The summed E-state index contributed by atoms with van der Waals surface area (Å²) in [7, 11) is 0. The average Bonchev–Trinajstić information content (AvgIpc) is 2.43. The lowest BCUT2D eigenvalue weighted by Gasteiger charge is -2.21. The summed E-state index contributed by atoms with van der Waals surface area (Å²) in [5, 5.41) is 3.21. The van der Waals surface area contributed by atoms with Crippen LogP contribution in [0.5, 0.6) is 0 Å². The fraction of sp³-hybridized carbons (Fsp3) is 0.250. The molecule has 0 fully saturated rings. The maximum absolute atomic E-state index is 14.3. The van der Waals surface area contributed by atoms with Crippen LogP contribution >= 0.6 is 31.9 Å². The van der Waals surface area contributed by atoms with Crippen molar-refractivity contribution in [3.05, 3.63) is 67.6 Å². The molecule has 0 heterocycles. The third-order valence-electron chi connectivity index (χ3n) is 3.27. The van der Waals surface area contributed by atoms with Crippen LogP contribution in [-0.4, -0.2) is 6.54 Å². The first kappa shape index (κ1) is 16.6. The third kappa shape index (κ3) is 3.71. The second-order valence-electron chi connectivity index (χ2n) is 4.78. The number of hydrogen-bond donors (Lipinski definition) is 1. The molecular weight excluding hydrogens is 404 g/mol. The van der Waals surface area contributed by atoms with E-state index in [-0.39, 0.29) is 0 Å². The van der Waals surface area contributed by atoms with Crippen LogP contribution in [-0.2, 0) is 0 Å². The fourth-order valence-electron chi connectivity index (χ4n) is 2.21. The molecule has 112 valence electrons. The van der Waals surface area contributed by atoms with Gasteiger partial charge >= 0.3 is 0 Å². The van der Waals surface area contributed by atoms with Crippen molar-refractivity contribution < 1.29 is 8.78 Å². The summed E-state index contributed by atoms with van der Waals surface area (Å²) in [6.45, 7) is 4.12.